The van der Waals surface area contributed by atoms with E-state index in [1.807, 2.05) is 0 Å². The predicted octanol–water partition coefficient (Wildman–Crippen LogP) is -0.271. The van der Waals surface area contributed by atoms with Crippen molar-refractivity contribution in [2.24, 2.45) is 0 Å². The number of nitrogens with one attached hydrogen (secondary N) is 2. The third-order valence-electron chi connectivity index (χ3n) is 4.18. The third kappa shape index (κ3) is 2.61. The fourth-order valence-corrected chi connectivity index (χ4v) is 2.98. The second-order valence-electron chi connectivity index (χ2n) is 5.65. The Bertz CT molecular complexity index is 688. The Morgan fingerprint density at radius 1 is 1.22 bits per heavy atom. The van der Waals surface area contributed by atoms with Crippen molar-refractivity contribution < 1.29 is 19.4 Å². The molecule has 23 heavy (non-hydrogen) atoms. The van der Waals surface area contributed by atoms with Gasteiger partial charge in [0.25, 0.3) is 5.91 Å². The van der Waals surface area contributed by atoms with Crippen LogP contribution in [0.25, 0.3) is 11.4 Å². The summed E-state index contributed by atoms with van der Waals surface area (Å²) in [5, 5.41) is 19.2. The molecule has 0 unspecified atom stereocenters. The summed E-state index contributed by atoms with van der Waals surface area (Å²) in [5.41, 5.74) is 1.39. The number of carbonyl (C=O) groups excluding carboxylic acids is 1. The lowest BCUT2D eigenvalue weighted by Crippen LogP contribution is -2.44. The highest BCUT2D eigenvalue weighted by atomic mass is 16.6. The van der Waals surface area contributed by atoms with Gasteiger partial charge in [0.2, 0.25) is 0 Å². The minimum atomic E-state index is -0.622. The molecule has 3 heterocycles. The van der Waals surface area contributed by atoms with Gasteiger partial charge in [0, 0.05) is 11.1 Å². The van der Waals surface area contributed by atoms with Crippen LogP contribution in [0.5, 0.6) is 0 Å². The Labute approximate surface area is 131 Å². The number of hydrogen-bond acceptors (Lipinski definition) is 6. The van der Waals surface area contributed by atoms with Crippen LogP contribution in [0.1, 0.15) is 10.4 Å². The fourth-order valence-electron chi connectivity index (χ4n) is 2.98. The minimum Gasteiger partial charge on any atom is -0.388 e. The highest BCUT2D eigenvalue weighted by molar-refractivity contribution is 5.94. The number of aromatic nitrogens is 3. The van der Waals surface area contributed by atoms with Crippen LogP contribution >= 0.6 is 0 Å². The molecule has 8 heteroatoms. The van der Waals surface area contributed by atoms with Crippen LogP contribution in [0, 0.1) is 0 Å². The molecule has 1 amide bonds. The zero-order valence-electron chi connectivity index (χ0n) is 12.2. The number of rotatable bonds is 3. The summed E-state index contributed by atoms with van der Waals surface area (Å²) in [7, 11) is 0. The SMILES string of the molecule is O=C(N[C@@H]1CO[C@H]2[C@@H]1OC[C@H]2O)c1ccc(-c2ncn[nH]2)cc1. The molecule has 1 aromatic carbocycles. The first kappa shape index (κ1) is 14.3. The lowest BCUT2D eigenvalue weighted by atomic mass is 10.1. The third-order valence-corrected chi connectivity index (χ3v) is 4.18. The van der Waals surface area contributed by atoms with Crippen molar-refractivity contribution in [2.75, 3.05) is 13.2 Å². The molecule has 0 spiro atoms. The number of aliphatic hydroxyl groups is 1. The lowest BCUT2D eigenvalue weighted by molar-refractivity contribution is 0.0178. The topological polar surface area (TPSA) is 109 Å². The van der Waals surface area contributed by atoms with E-state index in [1.165, 1.54) is 6.33 Å². The molecule has 120 valence electrons. The maximum Gasteiger partial charge on any atom is 0.251 e. The molecule has 2 aromatic rings. The molecule has 0 bridgehead atoms. The first-order valence-corrected chi connectivity index (χ1v) is 7.40. The first-order valence-electron chi connectivity index (χ1n) is 7.40. The smallest absolute Gasteiger partial charge is 0.251 e. The molecule has 8 nitrogen and oxygen atoms in total. The van der Waals surface area contributed by atoms with Gasteiger partial charge in [-0.15, -0.1) is 0 Å². The number of nitrogens with zero attached hydrogens (tertiary/aromatic N) is 2. The largest absolute Gasteiger partial charge is 0.388 e. The van der Waals surface area contributed by atoms with Gasteiger partial charge in [-0.25, -0.2) is 4.98 Å². The van der Waals surface area contributed by atoms with E-state index in [1.54, 1.807) is 24.3 Å². The van der Waals surface area contributed by atoms with Crippen molar-refractivity contribution >= 4 is 5.91 Å². The second kappa shape index (κ2) is 5.73. The number of ether oxygens (including phenoxy) is 2. The molecule has 2 fully saturated rings. The Balaban J connectivity index is 1.43. The van der Waals surface area contributed by atoms with Crippen LogP contribution in [0.4, 0.5) is 0 Å². The number of hydrogen-bond donors (Lipinski definition) is 3. The molecule has 4 atom stereocenters. The van der Waals surface area contributed by atoms with Gasteiger partial charge in [0.15, 0.2) is 5.82 Å². The van der Waals surface area contributed by atoms with Crippen molar-refractivity contribution in [3.05, 3.63) is 36.2 Å². The average Bonchev–Trinajstić information content (AvgIpc) is 3.29. The van der Waals surface area contributed by atoms with Gasteiger partial charge in [0.05, 0.1) is 19.3 Å². The van der Waals surface area contributed by atoms with Crippen molar-refractivity contribution in [2.45, 2.75) is 24.4 Å². The van der Waals surface area contributed by atoms with Gasteiger partial charge in [-0.1, -0.05) is 12.1 Å². The fraction of sp³-hybridized carbons (Fsp3) is 0.400. The van der Waals surface area contributed by atoms with E-state index >= 15 is 0 Å². The van der Waals surface area contributed by atoms with E-state index in [0.29, 0.717) is 18.0 Å². The van der Waals surface area contributed by atoms with Crippen LogP contribution in [0.3, 0.4) is 0 Å². The number of aliphatic hydroxyl groups excluding tert-OH is 1. The minimum absolute atomic E-state index is 0.201. The van der Waals surface area contributed by atoms with E-state index in [-0.39, 0.29) is 30.8 Å². The molecule has 2 aliphatic heterocycles. The number of aromatic amines is 1. The number of carbonyl (C=O) groups is 1. The Morgan fingerprint density at radius 3 is 2.74 bits per heavy atom. The van der Waals surface area contributed by atoms with E-state index in [0.717, 1.165) is 5.56 Å². The number of amides is 1. The van der Waals surface area contributed by atoms with Crippen molar-refractivity contribution in [1.82, 2.24) is 20.5 Å². The standard InChI is InChI=1S/C15H16N4O4/c20-11-6-23-12-10(5-22-13(11)12)18-15(21)9-3-1-8(2-4-9)14-16-7-17-19-14/h1-4,7,10-13,20H,5-6H2,(H,18,21)(H,16,17,19)/t10-,11-,12-,13-/m1/s1. The van der Waals surface area contributed by atoms with E-state index < -0.39 is 6.10 Å². The van der Waals surface area contributed by atoms with Gasteiger partial charge < -0.3 is 19.9 Å². The quantitative estimate of drug-likeness (QED) is 0.719. The van der Waals surface area contributed by atoms with E-state index in [9.17, 15) is 9.90 Å². The van der Waals surface area contributed by atoms with Crippen molar-refractivity contribution in [3.8, 4) is 11.4 Å². The van der Waals surface area contributed by atoms with Crippen LogP contribution < -0.4 is 5.32 Å². The Hall–Kier alpha value is -2.29. The highest BCUT2D eigenvalue weighted by Gasteiger charge is 2.47. The maximum absolute atomic E-state index is 12.3. The molecular formula is C15H16N4O4. The summed E-state index contributed by atoms with van der Waals surface area (Å²) in [6.07, 6.45) is 0.169. The second-order valence-corrected chi connectivity index (χ2v) is 5.65. The molecule has 0 aliphatic carbocycles. The van der Waals surface area contributed by atoms with Crippen molar-refractivity contribution in [1.29, 1.82) is 0 Å². The molecular weight excluding hydrogens is 300 g/mol. The number of benzene rings is 1. The molecule has 3 N–H and O–H groups in total. The number of H-pyrrole nitrogens is 1. The molecule has 1 aromatic heterocycles. The monoisotopic (exact) mass is 316 g/mol. The summed E-state index contributed by atoms with van der Waals surface area (Å²) in [6, 6.07) is 6.81. The van der Waals surface area contributed by atoms with Gasteiger partial charge in [0.1, 0.15) is 24.6 Å². The van der Waals surface area contributed by atoms with Gasteiger partial charge in [-0.05, 0) is 12.1 Å². The molecule has 0 radical (unpaired) electrons. The normalized spacial score (nSPS) is 29.4. The summed E-state index contributed by atoms with van der Waals surface area (Å²) in [4.78, 5) is 16.4. The Morgan fingerprint density at radius 2 is 2.00 bits per heavy atom. The predicted molar refractivity (Wildman–Crippen MR) is 78.6 cm³/mol. The summed E-state index contributed by atoms with van der Waals surface area (Å²) >= 11 is 0. The van der Waals surface area contributed by atoms with Crippen LogP contribution in [0.2, 0.25) is 0 Å². The van der Waals surface area contributed by atoms with Crippen LogP contribution in [0.15, 0.2) is 30.6 Å². The Kier molecular flexibility index (Phi) is 3.56. The van der Waals surface area contributed by atoms with Crippen LogP contribution in [-0.2, 0) is 9.47 Å². The van der Waals surface area contributed by atoms with Gasteiger partial charge in [-0.2, -0.15) is 5.10 Å². The molecule has 2 saturated heterocycles. The molecule has 4 rings (SSSR count). The average molecular weight is 316 g/mol. The summed E-state index contributed by atoms with van der Waals surface area (Å²) in [6.45, 7) is 0.585. The zero-order valence-corrected chi connectivity index (χ0v) is 12.2. The molecule has 2 aliphatic rings. The van der Waals surface area contributed by atoms with Crippen molar-refractivity contribution in [3.63, 3.8) is 0 Å². The zero-order chi connectivity index (χ0) is 15.8. The number of fused-ring (bicyclic) bond motifs is 1. The summed E-state index contributed by atoms with van der Waals surface area (Å²) < 4.78 is 11.0. The van der Waals surface area contributed by atoms with E-state index in [2.05, 4.69) is 20.5 Å². The highest BCUT2D eigenvalue weighted by Crippen LogP contribution is 2.27. The maximum atomic E-state index is 12.3. The first-order chi connectivity index (χ1) is 11.2. The summed E-state index contributed by atoms with van der Waals surface area (Å²) in [5.74, 6) is 0.450. The lowest BCUT2D eigenvalue weighted by Gasteiger charge is -2.17. The van der Waals surface area contributed by atoms with Gasteiger partial charge in [-0.3, -0.25) is 9.89 Å². The van der Waals surface area contributed by atoms with Crippen LogP contribution in [-0.4, -0.2) is 63.8 Å². The van der Waals surface area contributed by atoms with E-state index in [4.69, 9.17) is 9.47 Å². The van der Waals surface area contributed by atoms with Gasteiger partial charge >= 0.3 is 0 Å². The molecule has 0 saturated carbocycles.